The maximum Gasteiger partial charge on any atom is 0.410 e. The fourth-order valence-corrected chi connectivity index (χ4v) is 2.94. The molecule has 4 heteroatoms. The standard InChI is InChI=1S/C18H23NO3/c1-3-7-17-16(14(2)12-20)10-11-19(17)18(21)22-13-15-8-5-4-6-9-15/h3-6,8-9,16-17,20H,1-2,7,10-13H2/t16-,17+/m1/s1. The molecule has 2 rings (SSSR count). The predicted octanol–water partition coefficient (Wildman–Crippen LogP) is 3.14. The summed E-state index contributed by atoms with van der Waals surface area (Å²) in [5.41, 5.74) is 1.73. The minimum absolute atomic E-state index is 0.0274. The quantitative estimate of drug-likeness (QED) is 0.821. The van der Waals surface area contributed by atoms with Crippen LogP contribution in [0.2, 0.25) is 0 Å². The minimum atomic E-state index is -0.316. The Morgan fingerprint density at radius 3 is 2.77 bits per heavy atom. The molecule has 4 nitrogen and oxygen atoms in total. The topological polar surface area (TPSA) is 49.8 Å². The van der Waals surface area contributed by atoms with Crippen molar-refractivity contribution in [3.8, 4) is 0 Å². The lowest BCUT2D eigenvalue weighted by molar-refractivity contribution is 0.0895. The summed E-state index contributed by atoms with van der Waals surface area (Å²) in [5, 5.41) is 9.30. The minimum Gasteiger partial charge on any atom is -0.445 e. The molecule has 1 saturated heterocycles. The van der Waals surface area contributed by atoms with E-state index in [0.29, 0.717) is 13.0 Å². The maximum absolute atomic E-state index is 12.3. The van der Waals surface area contributed by atoms with E-state index < -0.39 is 0 Å². The molecule has 0 unspecified atom stereocenters. The molecule has 1 aliphatic rings. The van der Waals surface area contributed by atoms with Crippen LogP contribution >= 0.6 is 0 Å². The third kappa shape index (κ3) is 3.77. The zero-order valence-corrected chi connectivity index (χ0v) is 12.8. The van der Waals surface area contributed by atoms with E-state index in [0.717, 1.165) is 17.6 Å². The maximum atomic E-state index is 12.3. The summed E-state index contributed by atoms with van der Waals surface area (Å²) >= 11 is 0. The number of ether oxygens (including phenoxy) is 1. The van der Waals surface area contributed by atoms with E-state index in [-0.39, 0.29) is 31.3 Å². The molecular formula is C18H23NO3. The lowest BCUT2D eigenvalue weighted by Gasteiger charge is -2.27. The van der Waals surface area contributed by atoms with Crippen LogP contribution in [-0.4, -0.2) is 35.3 Å². The normalized spacial score (nSPS) is 20.7. The number of aliphatic hydroxyl groups is 1. The Balaban J connectivity index is 1.98. The molecule has 0 spiro atoms. The van der Waals surface area contributed by atoms with Crippen molar-refractivity contribution in [2.75, 3.05) is 13.2 Å². The Kier molecular flexibility index (Phi) is 5.78. The Morgan fingerprint density at radius 1 is 1.41 bits per heavy atom. The number of likely N-dealkylation sites (tertiary alicyclic amines) is 1. The van der Waals surface area contributed by atoms with Gasteiger partial charge in [0.05, 0.1) is 6.61 Å². The van der Waals surface area contributed by atoms with Gasteiger partial charge in [0.15, 0.2) is 0 Å². The summed E-state index contributed by atoms with van der Waals surface area (Å²) in [6.07, 6.45) is 2.96. The molecule has 1 aliphatic heterocycles. The van der Waals surface area contributed by atoms with E-state index in [1.54, 1.807) is 11.0 Å². The molecule has 0 radical (unpaired) electrons. The van der Waals surface area contributed by atoms with E-state index in [4.69, 9.17) is 4.74 Å². The highest BCUT2D eigenvalue weighted by molar-refractivity contribution is 5.68. The largest absolute Gasteiger partial charge is 0.445 e. The zero-order chi connectivity index (χ0) is 15.9. The first kappa shape index (κ1) is 16.3. The Labute approximate surface area is 131 Å². The third-order valence-corrected chi connectivity index (χ3v) is 4.12. The molecule has 1 fully saturated rings. The molecule has 2 atom stereocenters. The Morgan fingerprint density at radius 2 is 2.14 bits per heavy atom. The van der Waals surface area contributed by atoms with Crippen LogP contribution in [0, 0.1) is 5.92 Å². The summed E-state index contributed by atoms with van der Waals surface area (Å²) in [6.45, 7) is 8.51. The van der Waals surface area contributed by atoms with E-state index >= 15 is 0 Å². The first-order valence-electron chi connectivity index (χ1n) is 7.54. The molecule has 0 aliphatic carbocycles. The molecule has 118 valence electrons. The van der Waals surface area contributed by atoms with Gasteiger partial charge in [-0.3, -0.25) is 0 Å². The summed E-state index contributed by atoms with van der Waals surface area (Å²) in [4.78, 5) is 14.1. The van der Waals surface area contributed by atoms with E-state index in [1.165, 1.54) is 0 Å². The van der Waals surface area contributed by atoms with Crippen molar-refractivity contribution in [1.82, 2.24) is 4.90 Å². The van der Waals surface area contributed by atoms with E-state index in [1.807, 2.05) is 30.3 Å². The number of nitrogens with zero attached hydrogens (tertiary/aromatic N) is 1. The van der Waals surface area contributed by atoms with Crippen LogP contribution in [0.1, 0.15) is 18.4 Å². The van der Waals surface area contributed by atoms with Crippen LogP contribution < -0.4 is 0 Å². The average Bonchev–Trinajstić information content (AvgIpc) is 2.97. The van der Waals surface area contributed by atoms with Gasteiger partial charge in [0, 0.05) is 18.5 Å². The third-order valence-electron chi connectivity index (χ3n) is 4.12. The van der Waals surface area contributed by atoms with Crippen LogP contribution in [0.4, 0.5) is 4.79 Å². The van der Waals surface area contributed by atoms with Gasteiger partial charge in [-0.2, -0.15) is 0 Å². The second-order valence-corrected chi connectivity index (χ2v) is 5.54. The van der Waals surface area contributed by atoms with Crippen LogP contribution in [0.3, 0.4) is 0 Å². The smallest absolute Gasteiger partial charge is 0.410 e. The van der Waals surface area contributed by atoms with Crippen LogP contribution in [-0.2, 0) is 11.3 Å². The molecule has 1 N–H and O–H groups in total. The van der Waals surface area contributed by atoms with Gasteiger partial charge in [-0.05, 0) is 24.0 Å². The number of carbonyl (C=O) groups excluding carboxylic acids is 1. The lowest BCUT2D eigenvalue weighted by Crippen LogP contribution is -2.38. The van der Waals surface area contributed by atoms with Gasteiger partial charge in [-0.25, -0.2) is 4.79 Å². The second-order valence-electron chi connectivity index (χ2n) is 5.54. The molecule has 1 heterocycles. The number of rotatable bonds is 6. The van der Waals surface area contributed by atoms with Crippen molar-refractivity contribution in [3.05, 3.63) is 60.7 Å². The molecule has 0 aromatic heterocycles. The highest BCUT2D eigenvalue weighted by Crippen LogP contribution is 2.32. The molecule has 0 bridgehead atoms. The number of carbonyl (C=O) groups is 1. The summed E-state index contributed by atoms with van der Waals surface area (Å²) < 4.78 is 5.41. The van der Waals surface area contributed by atoms with E-state index in [2.05, 4.69) is 13.2 Å². The van der Waals surface area contributed by atoms with Crippen LogP contribution in [0.25, 0.3) is 0 Å². The second kappa shape index (κ2) is 7.80. The number of hydrogen-bond acceptors (Lipinski definition) is 3. The van der Waals surface area contributed by atoms with Crippen LogP contribution in [0.15, 0.2) is 55.1 Å². The number of aliphatic hydroxyl groups excluding tert-OH is 1. The highest BCUT2D eigenvalue weighted by Gasteiger charge is 2.38. The number of hydrogen-bond donors (Lipinski definition) is 1. The molecule has 1 amide bonds. The highest BCUT2D eigenvalue weighted by atomic mass is 16.6. The first-order valence-corrected chi connectivity index (χ1v) is 7.54. The fraction of sp³-hybridized carbons (Fsp3) is 0.389. The van der Waals surface area contributed by atoms with Crippen molar-refractivity contribution in [2.45, 2.75) is 25.5 Å². The van der Waals surface area contributed by atoms with Gasteiger partial charge in [0.25, 0.3) is 0 Å². The summed E-state index contributed by atoms with van der Waals surface area (Å²) in [7, 11) is 0. The van der Waals surface area contributed by atoms with Crippen LogP contribution in [0.5, 0.6) is 0 Å². The van der Waals surface area contributed by atoms with Gasteiger partial charge in [0.2, 0.25) is 0 Å². The summed E-state index contributed by atoms with van der Waals surface area (Å²) in [6, 6.07) is 9.59. The monoisotopic (exact) mass is 301 g/mol. The molecular weight excluding hydrogens is 278 g/mol. The van der Waals surface area contributed by atoms with Gasteiger partial charge >= 0.3 is 6.09 Å². The number of benzene rings is 1. The van der Waals surface area contributed by atoms with Crippen molar-refractivity contribution in [1.29, 1.82) is 0 Å². The van der Waals surface area contributed by atoms with Crippen molar-refractivity contribution >= 4 is 6.09 Å². The van der Waals surface area contributed by atoms with Crippen molar-refractivity contribution in [2.24, 2.45) is 5.92 Å². The van der Waals surface area contributed by atoms with Gasteiger partial charge in [-0.15, -0.1) is 6.58 Å². The lowest BCUT2D eigenvalue weighted by atomic mass is 9.91. The van der Waals surface area contributed by atoms with Gasteiger partial charge < -0.3 is 14.7 Å². The fourth-order valence-electron chi connectivity index (χ4n) is 2.94. The molecule has 22 heavy (non-hydrogen) atoms. The van der Waals surface area contributed by atoms with Crippen molar-refractivity contribution in [3.63, 3.8) is 0 Å². The summed E-state index contributed by atoms with van der Waals surface area (Å²) in [5.74, 6) is 0.104. The van der Waals surface area contributed by atoms with Crippen molar-refractivity contribution < 1.29 is 14.6 Å². The Hall–Kier alpha value is -2.07. The molecule has 1 aromatic rings. The first-order chi connectivity index (χ1) is 10.7. The SMILES string of the molecule is C=CC[C@H]1[C@@H](C(=C)CO)CCN1C(=O)OCc1ccccc1. The zero-order valence-electron chi connectivity index (χ0n) is 12.8. The van der Waals surface area contributed by atoms with E-state index in [9.17, 15) is 9.90 Å². The van der Waals surface area contributed by atoms with Gasteiger partial charge in [-0.1, -0.05) is 43.0 Å². The Bertz CT molecular complexity index is 526. The molecule has 1 aromatic carbocycles. The van der Waals surface area contributed by atoms with Gasteiger partial charge in [0.1, 0.15) is 6.61 Å². The number of amides is 1. The average molecular weight is 301 g/mol. The molecule has 0 saturated carbocycles. The predicted molar refractivity (Wildman–Crippen MR) is 86.3 cm³/mol.